The molecule has 0 aliphatic carbocycles. The average molecular weight is 256 g/mol. The zero-order valence-corrected chi connectivity index (χ0v) is 10.3. The van der Waals surface area contributed by atoms with Gasteiger partial charge in [-0.1, -0.05) is 29.3 Å². The second-order valence-corrected chi connectivity index (χ2v) is 4.30. The van der Waals surface area contributed by atoms with Crippen molar-refractivity contribution < 1.29 is 0 Å². The van der Waals surface area contributed by atoms with Gasteiger partial charge in [-0.3, -0.25) is 0 Å². The molecule has 2 rings (SSSR count). The Kier molecular flexibility index (Phi) is 3.19. The molecule has 1 aromatic carbocycles. The highest BCUT2D eigenvalue weighted by Gasteiger charge is 2.11. The number of benzene rings is 1. The quantitative estimate of drug-likeness (QED) is 0.897. The van der Waals surface area contributed by atoms with Crippen molar-refractivity contribution in [1.29, 1.82) is 0 Å². The van der Waals surface area contributed by atoms with E-state index in [9.17, 15) is 0 Å². The highest BCUT2D eigenvalue weighted by molar-refractivity contribution is 6.42. The van der Waals surface area contributed by atoms with E-state index in [4.69, 9.17) is 28.9 Å². The largest absolute Gasteiger partial charge is 0.333 e. The molecular formula is C11H11Cl2N3. The lowest BCUT2D eigenvalue weighted by molar-refractivity contribution is 0.920. The first-order valence-corrected chi connectivity index (χ1v) is 5.54. The summed E-state index contributed by atoms with van der Waals surface area (Å²) in [6.07, 6.45) is 1.74. The lowest BCUT2D eigenvalue weighted by atomic mass is 10.1. The molecule has 0 aliphatic rings. The highest BCUT2D eigenvalue weighted by Crippen LogP contribution is 2.29. The molecule has 0 saturated heterocycles. The molecule has 0 saturated carbocycles. The van der Waals surface area contributed by atoms with Gasteiger partial charge in [0.25, 0.3) is 0 Å². The molecule has 3 nitrogen and oxygen atoms in total. The maximum atomic E-state index is 5.99. The summed E-state index contributed by atoms with van der Waals surface area (Å²) in [5.41, 5.74) is 8.42. The SMILES string of the molecule is Cn1cnc(CN)c1-c1ccc(Cl)c(Cl)c1. The maximum absolute atomic E-state index is 5.99. The number of hydrogen-bond acceptors (Lipinski definition) is 2. The summed E-state index contributed by atoms with van der Waals surface area (Å²) in [6, 6.07) is 5.50. The van der Waals surface area contributed by atoms with Gasteiger partial charge >= 0.3 is 0 Å². The third kappa shape index (κ3) is 1.94. The Morgan fingerprint density at radius 2 is 2.06 bits per heavy atom. The minimum atomic E-state index is 0.399. The van der Waals surface area contributed by atoms with E-state index in [2.05, 4.69) is 4.98 Å². The van der Waals surface area contributed by atoms with Crippen LogP contribution < -0.4 is 5.73 Å². The van der Waals surface area contributed by atoms with Crippen LogP contribution in [0.4, 0.5) is 0 Å². The van der Waals surface area contributed by atoms with Crippen molar-refractivity contribution in [2.45, 2.75) is 6.54 Å². The third-order valence-corrected chi connectivity index (χ3v) is 3.14. The summed E-state index contributed by atoms with van der Waals surface area (Å²) in [7, 11) is 1.92. The van der Waals surface area contributed by atoms with E-state index in [1.807, 2.05) is 23.7 Å². The number of imidazole rings is 1. The van der Waals surface area contributed by atoms with E-state index in [0.717, 1.165) is 17.0 Å². The van der Waals surface area contributed by atoms with E-state index in [-0.39, 0.29) is 0 Å². The number of nitrogens with two attached hydrogens (primary N) is 1. The van der Waals surface area contributed by atoms with Crippen LogP contribution in [0.25, 0.3) is 11.3 Å². The standard InChI is InChI=1S/C11H11Cl2N3/c1-16-6-15-10(5-14)11(16)7-2-3-8(12)9(13)4-7/h2-4,6H,5,14H2,1H3. The molecule has 1 aromatic heterocycles. The van der Waals surface area contributed by atoms with Gasteiger partial charge in [-0.2, -0.15) is 0 Å². The van der Waals surface area contributed by atoms with Crippen LogP contribution in [0.1, 0.15) is 5.69 Å². The van der Waals surface area contributed by atoms with E-state index in [0.29, 0.717) is 16.6 Å². The molecule has 0 aliphatic heterocycles. The van der Waals surface area contributed by atoms with Gasteiger partial charge in [0.1, 0.15) is 0 Å². The van der Waals surface area contributed by atoms with Crippen molar-refractivity contribution in [3.8, 4) is 11.3 Å². The van der Waals surface area contributed by atoms with Crippen molar-refractivity contribution in [2.75, 3.05) is 0 Å². The van der Waals surface area contributed by atoms with Gasteiger partial charge in [-0.05, 0) is 12.1 Å². The Bertz CT molecular complexity index is 520. The summed E-state index contributed by atoms with van der Waals surface area (Å²) < 4.78 is 1.92. The second-order valence-electron chi connectivity index (χ2n) is 3.48. The summed E-state index contributed by atoms with van der Waals surface area (Å²) in [4.78, 5) is 4.22. The molecule has 5 heteroatoms. The normalized spacial score (nSPS) is 10.8. The Morgan fingerprint density at radius 3 is 2.69 bits per heavy atom. The van der Waals surface area contributed by atoms with E-state index >= 15 is 0 Å². The molecule has 2 aromatic rings. The number of halogens is 2. The fraction of sp³-hybridized carbons (Fsp3) is 0.182. The monoisotopic (exact) mass is 255 g/mol. The number of hydrogen-bond donors (Lipinski definition) is 1. The van der Waals surface area contributed by atoms with Crippen molar-refractivity contribution in [3.05, 3.63) is 40.3 Å². The lowest BCUT2D eigenvalue weighted by Crippen LogP contribution is -2.00. The van der Waals surface area contributed by atoms with Crippen LogP contribution in [0, 0.1) is 0 Å². The number of aromatic nitrogens is 2. The number of aryl methyl sites for hydroxylation is 1. The minimum Gasteiger partial charge on any atom is -0.333 e. The molecule has 84 valence electrons. The van der Waals surface area contributed by atoms with Crippen molar-refractivity contribution >= 4 is 23.2 Å². The first-order chi connectivity index (χ1) is 7.63. The molecule has 0 amide bonds. The zero-order valence-electron chi connectivity index (χ0n) is 8.74. The van der Waals surface area contributed by atoms with Crippen LogP contribution in [0.5, 0.6) is 0 Å². The molecule has 0 spiro atoms. The molecule has 0 atom stereocenters. The Hall–Kier alpha value is -1.03. The summed E-state index contributed by atoms with van der Waals surface area (Å²) in [5, 5.41) is 1.07. The Balaban J connectivity index is 2.57. The van der Waals surface area contributed by atoms with Gasteiger partial charge in [0.15, 0.2) is 0 Å². The molecule has 0 radical (unpaired) electrons. The molecule has 0 unspecified atom stereocenters. The topological polar surface area (TPSA) is 43.8 Å². The van der Waals surface area contributed by atoms with Crippen LogP contribution in [-0.4, -0.2) is 9.55 Å². The molecule has 0 bridgehead atoms. The number of rotatable bonds is 2. The fourth-order valence-electron chi connectivity index (χ4n) is 1.64. The third-order valence-electron chi connectivity index (χ3n) is 2.40. The van der Waals surface area contributed by atoms with Gasteiger partial charge in [0.05, 0.1) is 27.8 Å². The van der Waals surface area contributed by atoms with Crippen LogP contribution in [-0.2, 0) is 13.6 Å². The maximum Gasteiger partial charge on any atom is 0.0952 e. The zero-order chi connectivity index (χ0) is 11.7. The summed E-state index contributed by atoms with van der Waals surface area (Å²) in [5.74, 6) is 0. The van der Waals surface area contributed by atoms with Gasteiger partial charge < -0.3 is 10.3 Å². The van der Waals surface area contributed by atoms with Crippen molar-refractivity contribution in [3.63, 3.8) is 0 Å². The van der Waals surface area contributed by atoms with Crippen molar-refractivity contribution in [1.82, 2.24) is 9.55 Å². The Morgan fingerprint density at radius 1 is 1.31 bits per heavy atom. The van der Waals surface area contributed by atoms with Crippen LogP contribution >= 0.6 is 23.2 Å². The minimum absolute atomic E-state index is 0.399. The Labute approximate surface area is 104 Å². The molecule has 16 heavy (non-hydrogen) atoms. The first kappa shape index (κ1) is 11.5. The molecule has 2 N–H and O–H groups in total. The second kappa shape index (κ2) is 4.45. The molecular weight excluding hydrogens is 245 g/mol. The fourth-order valence-corrected chi connectivity index (χ4v) is 1.94. The smallest absolute Gasteiger partial charge is 0.0952 e. The van der Waals surface area contributed by atoms with Crippen LogP contribution in [0.3, 0.4) is 0 Å². The summed E-state index contributed by atoms with van der Waals surface area (Å²) >= 11 is 11.9. The van der Waals surface area contributed by atoms with Crippen molar-refractivity contribution in [2.24, 2.45) is 12.8 Å². The van der Waals surface area contributed by atoms with Gasteiger partial charge in [-0.15, -0.1) is 0 Å². The highest BCUT2D eigenvalue weighted by atomic mass is 35.5. The van der Waals surface area contributed by atoms with Gasteiger partial charge in [-0.25, -0.2) is 4.98 Å². The molecule has 1 heterocycles. The molecule has 0 fully saturated rings. The van der Waals surface area contributed by atoms with Gasteiger partial charge in [0.2, 0.25) is 0 Å². The van der Waals surface area contributed by atoms with Crippen LogP contribution in [0.2, 0.25) is 10.0 Å². The van der Waals surface area contributed by atoms with E-state index in [1.54, 1.807) is 12.4 Å². The summed E-state index contributed by atoms with van der Waals surface area (Å²) in [6.45, 7) is 0.399. The van der Waals surface area contributed by atoms with Gasteiger partial charge in [0, 0.05) is 19.2 Å². The number of nitrogens with zero attached hydrogens (tertiary/aromatic N) is 2. The average Bonchev–Trinajstić information content (AvgIpc) is 2.64. The predicted octanol–water partition coefficient (Wildman–Crippen LogP) is 2.85. The lowest BCUT2D eigenvalue weighted by Gasteiger charge is -2.06. The van der Waals surface area contributed by atoms with E-state index < -0.39 is 0 Å². The first-order valence-electron chi connectivity index (χ1n) is 4.79. The van der Waals surface area contributed by atoms with Crippen LogP contribution in [0.15, 0.2) is 24.5 Å². The predicted molar refractivity (Wildman–Crippen MR) is 66.6 cm³/mol. The van der Waals surface area contributed by atoms with E-state index in [1.165, 1.54) is 0 Å².